The van der Waals surface area contributed by atoms with Gasteiger partial charge in [0.1, 0.15) is 0 Å². The molecule has 462 valence electrons. The van der Waals surface area contributed by atoms with Gasteiger partial charge in [0.15, 0.2) is 0 Å². The van der Waals surface area contributed by atoms with E-state index in [2.05, 4.69) is 31.3 Å². The van der Waals surface area contributed by atoms with Crippen LogP contribution in [-0.2, 0) is 14.3 Å². The summed E-state index contributed by atoms with van der Waals surface area (Å²) in [5.74, 6) is -0.0405. The van der Waals surface area contributed by atoms with Crippen molar-refractivity contribution in [3.05, 3.63) is 24.3 Å². The highest BCUT2D eigenvalue weighted by atomic mass is 16.5. The molecule has 0 rings (SSSR count). The first-order valence-electron chi connectivity index (χ1n) is 35.6. The molecule has 0 saturated heterocycles. The van der Waals surface area contributed by atoms with Crippen molar-refractivity contribution in [1.82, 2.24) is 5.32 Å². The number of rotatable bonds is 67. The molecule has 0 saturated carbocycles. The summed E-state index contributed by atoms with van der Waals surface area (Å²) in [6.07, 6.45) is 85.7. The van der Waals surface area contributed by atoms with Gasteiger partial charge in [0, 0.05) is 12.8 Å². The van der Waals surface area contributed by atoms with Crippen molar-refractivity contribution in [2.45, 2.75) is 411 Å². The second-order valence-electron chi connectivity index (χ2n) is 24.6. The van der Waals surface area contributed by atoms with E-state index < -0.39 is 12.1 Å². The van der Waals surface area contributed by atoms with E-state index in [0.717, 1.165) is 38.5 Å². The van der Waals surface area contributed by atoms with E-state index in [1.807, 2.05) is 6.08 Å². The molecule has 0 bridgehead atoms. The van der Waals surface area contributed by atoms with Crippen molar-refractivity contribution in [3.63, 3.8) is 0 Å². The lowest BCUT2D eigenvalue weighted by Gasteiger charge is -2.20. The lowest BCUT2D eigenvalue weighted by molar-refractivity contribution is -0.143. The largest absolute Gasteiger partial charge is 0.466 e. The Bertz CT molecular complexity index is 1220. The van der Waals surface area contributed by atoms with Gasteiger partial charge in [-0.1, -0.05) is 353 Å². The van der Waals surface area contributed by atoms with Gasteiger partial charge >= 0.3 is 5.97 Å². The Morgan fingerprint density at radius 2 is 0.603 bits per heavy atom. The van der Waals surface area contributed by atoms with Crippen LogP contribution in [0.15, 0.2) is 24.3 Å². The second kappa shape index (κ2) is 67.8. The van der Waals surface area contributed by atoms with E-state index >= 15 is 0 Å². The molecule has 0 aliphatic carbocycles. The van der Waals surface area contributed by atoms with Gasteiger partial charge in [-0.3, -0.25) is 9.59 Å². The summed E-state index contributed by atoms with van der Waals surface area (Å²) in [6.45, 7) is 4.93. The zero-order chi connectivity index (χ0) is 56.4. The van der Waals surface area contributed by atoms with Crippen molar-refractivity contribution < 1.29 is 24.5 Å². The van der Waals surface area contributed by atoms with Crippen LogP contribution in [0.1, 0.15) is 399 Å². The first kappa shape index (κ1) is 76.3. The minimum atomic E-state index is -0.840. The number of unbranched alkanes of at least 4 members (excludes halogenated alkanes) is 54. The van der Waals surface area contributed by atoms with Crippen molar-refractivity contribution >= 4 is 11.9 Å². The molecule has 78 heavy (non-hydrogen) atoms. The molecule has 0 aromatic heterocycles. The number of hydrogen-bond donors (Lipinski definition) is 3. The maximum absolute atomic E-state index is 12.4. The third-order valence-corrected chi connectivity index (χ3v) is 16.7. The Hall–Kier alpha value is -1.66. The van der Waals surface area contributed by atoms with Crippen molar-refractivity contribution in [3.8, 4) is 0 Å². The van der Waals surface area contributed by atoms with Crippen LogP contribution in [0.4, 0.5) is 0 Å². The Morgan fingerprint density at radius 3 is 0.910 bits per heavy atom. The van der Waals surface area contributed by atoms with Gasteiger partial charge in [-0.05, 0) is 57.8 Å². The van der Waals surface area contributed by atoms with Gasteiger partial charge in [-0.25, -0.2) is 0 Å². The Morgan fingerprint density at radius 1 is 0.346 bits per heavy atom. The van der Waals surface area contributed by atoms with Crippen molar-refractivity contribution in [2.75, 3.05) is 13.2 Å². The second-order valence-corrected chi connectivity index (χ2v) is 24.6. The van der Waals surface area contributed by atoms with Gasteiger partial charge < -0.3 is 20.3 Å². The fourth-order valence-electron chi connectivity index (χ4n) is 11.3. The molecule has 0 aliphatic heterocycles. The molecule has 0 radical (unpaired) electrons. The van der Waals surface area contributed by atoms with Gasteiger partial charge in [0.25, 0.3) is 0 Å². The predicted molar refractivity (Wildman–Crippen MR) is 343 cm³/mol. The normalized spacial score (nSPS) is 12.6. The molecule has 2 unspecified atom stereocenters. The standard InChI is InChI=1S/C72H139NO5/c1-3-5-7-9-11-13-15-16-38-42-46-50-54-58-62-66-72(77)78-67-63-59-55-51-47-43-40-37-35-33-31-29-27-25-23-21-19-17-18-20-22-24-26-28-30-32-34-36-39-41-45-49-53-57-61-65-71(76)73-69(68-74)70(75)64-60-56-52-48-44-14-12-10-8-6-4-2/h19,21,60,64,69-70,74-75H,3-18,20,22-59,61-63,65-68H2,1-2H3,(H,73,76)/b21-19-,64-60+. The smallest absolute Gasteiger partial charge is 0.305 e. The molecule has 0 fully saturated rings. The Balaban J connectivity index is 3.32. The minimum Gasteiger partial charge on any atom is -0.466 e. The van der Waals surface area contributed by atoms with Crippen LogP contribution in [0.2, 0.25) is 0 Å². The van der Waals surface area contributed by atoms with Crippen LogP contribution in [0.5, 0.6) is 0 Å². The average molecular weight is 1100 g/mol. The van der Waals surface area contributed by atoms with E-state index in [0.29, 0.717) is 19.4 Å². The highest BCUT2D eigenvalue weighted by Crippen LogP contribution is 2.19. The quantitative estimate of drug-likeness (QED) is 0.0320. The molecule has 0 heterocycles. The number of amides is 1. The molecular formula is C72H139NO5. The summed E-state index contributed by atoms with van der Waals surface area (Å²) in [4.78, 5) is 24.5. The summed E-state index contributed by atoms with van der Waals surface area (Å²) < 4.78 is 5.50. The maximum Gasteiger partial charge on any atom is 0.305 e. The zero-order valence-corrected chi connectivity index (χ0v) is 52.9. The van der Waals surface area contributed by atoms with Gasteiger partial charge in [0.05, 0.1) is 25.4 Å². The fraction of sp³-hybridized carbons (Fsp3) is 0.917. The number of aliphatic hydroxyl groups is 2. The maximum atomic E-state index is 12.4. The lowest BCUT2D eigenvalue weighted by Crippen LogP contribution is -2.45. The van der Waals surface area contributed by atoms with E-state index in [9.17, 15) is 19.8 Å². The van der Waals surface area contributed by atoms with Gasteiger partial charge in [-0.2, -0.15) is 0 Å². The predicted octanol–water partition coefficient (Wildman–Crippen LogP) is 22.9. The SMILES string of the molecule is CCCCCCCCCCC/C=C/C(O)C(CO)NC(=O)CCCCCCCCCCCCCCCCCCC/C=C\CCCCCCCCCCCCCCCCOC(=O)CCCCCCCCCCCCCCCCC. The van der Waals surface area contributed by atoms with Gasteiger partial charge in [0.2, 0.25) is 5.91 Å². The number of allylic oxidation sites excluding steroid dienone is 3. The van der Waals surface area contributed by atoms with Crippen LogP contribution >= 0.6 is 0 Å². The van der Waals surface area contributed by atoms with Crippen LogP contribution in [0, 0.1) is 0 Å². The van der Waals surface area contributed by atoms with Crippen LogP contribution in [-0.4, -0.2) is 47.4 Å². The van der Waals surface area contributed by atoms with E-state index in [1.165, 1.54) is 334 Å². The van der Waals surface area contributed by atoms with E-state index in [1.54, 1.807) is 6.08 Å². The lowest BCUT2D eigenvalue weighted by atomic mass is 10.0. The molecule has 0 aliphatic rings. The van der Waals surface area contributed by atoms with Crippen molar-refractivity contribution in [1.29, 1.82) is 0 Å². The third-order valence-electron chi connectivity index (χ3n) is 16.7. The number of esters is 1. The number of carbonyl (C=O) groups excluding carboxylic acids is 2. The van der Waals surface area contributed by atoms with Gasteiger partial charge in [-0.15, -0.1) is 0 Å². The topological polar surface area (TPSA) is 95.9 Å². The highest BCUT2D eigenvalue weighted by Gasteiger charge is 2.18. The first-order chi connectivity index (χ1) is 38.5. The molecule has 6 nitrogen and oxygen atoms in total. The highest BCUT2D eigenvalue weighted by molar-refractivity contribution is 5.76. The fourth-order valence-corrected chi connectivity index (χ4v) is 11.3. The third kappa shape index (κ3) is 63.5. The average Bonchev–Trinajstić information content (AvgIpc) is 3.44. The Labute approximate surface area is 488 Å². The molecule has 3 N–H and O–H groups in total. The number of nitrogens with one attached hydrogen (secondary N) is 1. The monoisotopic (exact) mass is 1100 g/mol. The molecule has 0 aromatic rings. The number of aliphatic hydroxyl groups excluding tert-OH is 2. The number of carbonyl (C=O) groups is 2. The first-order valence-corrected chi connectivity index (χ1v) is 35.6. The summed E-state index contributed by atoms with van der Waals surface area (Å²) >= 11 is 0. The van der Waals surface area contributed by atoms with Crippen molar-refractivity contribution in [2.24, 2.45) is 0 Å². The number of hydrogen-bond acceptors (Lipinski definition) is 5. The van der Waals surface area contributed by atoms with Crippen LogP contribution in [0.3, 0.4) is 0 Å². The van der Waals surface area contributed by atoms with E-state index in [-0.39, 0.29) is 18.5 Å². The summed E-state index contributed by atoms with van der Waals surface area (Å²) in [7, 11) is 0. The van der Waals surface area contributed by atoms with Crippen LogP contribution < -0.4 is 5.32 Å². The molecule has 6 heteroatoms. The van der Waals surface area contributed by atoms with Crippen LogP contribution in [0.25, 0.3) is 0 Å². The minimum absolute atomic E-state index is 0.0234. The van der Waals surface area contributed by atoms with E-state index in [4.69, 9.17) is 4.74 Å². The molecule has 0 spiro atoms. The Kier molecular flexibility index (Phi) is 66.4. The zero-order valence-electron chi connectivity index (χ0n) is 52.9. The molecule has 1 amide bonds. The number of ether oxygens (including phenoxy) is 1. The molecule has 0 aromatic carbocycles. The molecule has 2 atom stereocenters. The summed E-state index contributed by atoms with van der Waals surface area (Å²) in [6, 6.07) is -0.623. The summed E-state index contributed by atoms with van der Waals surface area (Å²) in [5, 5.41) is 23.1. The molecular weight excluding hydrogens is 959 g/mol. The summed E-state index contributed by atoms with van der Waals surface area (Å²) in [5.41, 5.74) is 0.